The van der Waals surface area contributed by atoms with Crippen LogP contribution in [0, 0.1) is 0 Å². The van der Waals surface area contributed by atoms with Crippen LogP contribution in [0.25, 0.3) is 20.5 Å². The number of aromatic hydroxyl groups is 2. The van der Waals surface area contributed by atoms with Crippen LogP contribution in [-0.4, -0.2) is 53.7 Å². The largest absolute Gasteiger partial charge is 0.508 e. The van der Waals surface area contributed by atoms with Crippen molar-refractivity contribution in [2.45, 2.75) is 44.6 Å². The highest BCUT2D eigenvalue weighted by molar-refractivity contribution is 7.22. The smallest absolute Gasteiger partial charge is 0.149 e. The van der Waals surface area contributed by atoms with E-state index in [0.717, 1.165) is 57.6 Å². The van der Waals surface area contributed by atoms with Gasteiger partial charge in [0.25, 0.3) is 0 Å². The number of rotatable bonds is 7. The summed E-state index contributed by atoms with van der Waals surface area (Å²) >= 11 is 1.61. The number of hydrogen-bond donors (Lipinski definition) is 2. The van der Waals surface area contributed by atoms with Gasteiger partial charge >= 0.3 is 0 Å². The van der Waals surface area contributed by atoms with Gasteiger partial charge in [-0.3, -0.25) is 4.79 Å². The van der Waals surface area contributed by atoms with Crippen molar-refractivity contribution in [2.75, 3.05) is 26.2 Å². The number of benzene rings is 2. The Morgan fingerprint density at radius 1 is 1.08 bits per heavy atom. The molecule has 6 heteroatoms. The van der Waals surface area contributed by atoms with Gasteiger partial charge in [0, 0.05) is 27.1 Å². The Kier molecular flexibility index (Phi) is 7.02. The van der Waals surface area contributed by atoms with E-state index in [1.54, 1.807) is 35.6 Å². The Morgan fingerprint density at radius 2 is 1.81 bits per heavy atom. The molecule has 36 heavy (non-hydrogen) atoms. The molecule has 5 nitrogen and oxygen atoms in total. The number of allylic oxidation sites excluding steroid dienone is 2. The highest BCUT2D eigenvalue weighted by atomic mass is 32.1. The number of phenolic OH excluding ortho intramolecular Hbond substituents is 2. The maximum atomic E-state index is 12.0. The Balaban J connectivity index is 1.61. The van der Waals surface area contributed by atoms with E-state index in [-0.39, 0.29) is 17.6 Å². The number of ether oxygens (including phenoxy) is 1. The molecule has 0 radical (unpaired) electrons. The van der Waals surface area contributed by atoms with Crippen molar-refractivity contribution in [3.63, 3.8) is 0 Å². The van der Waals surface area contributed by atoms with Gasteiger partial charge in [-0.2, -0.15) is 0 Å². The van der Waals surface area contributed by atoms with Crippen molar-refractivity contribution < 1.29 is 19.7 Å². The number of thiophene rings is 1. The molecule has 2 unspecified atom stereocenters. The van der Waals surface area contributed by atoms with Gasteiger partial charge in [0.05, 0.1) is 12.7 Å². The van der Waals surface area contributed by atoms with Crippen molar-refractivity contribution in [2.24, 2.45) is 0 Å². The molecule has 0 spiro atoms. The molecule has 0 saturated carbocycles. The van der Waals surface area contributed by atoms with Gasteiger partial charge in [0.2, 0.25) is 0 Å². The normalized spacial score (nSPS) is 22.9. The van der Waals surface area contributed by atoms with Crippen molar-refractivity contribution >= 4 is 27.7 Å². The second-order valence-corrected chi connectivity index (χ2v) is 11.2. The Labute approximate surface area is 216 Å². The lowest BCUT2D eigenvalue weighted by Gasteiger charge is -2.40. The highest BCUT2D eigenvalue weighted by Gasteiger charge is 2.42. The lowest BCUT2D eigenvalue weighted by Crippen LogP contribution is -2.42. The molecule has 1 fully saturated rings. The van der Waals surface area contributed by atoms with E-state index in [9.17, 15) is 15.0 Å². The number of piperidine rings is 1. The predicted molar refractivity (Wildman–Crippen MR) is 146 cm³/mol. The van der Waals surface area contributed by atoms with Crippen molar-refractivity contribution in [3.05, 3.63) is 71.3 Å². The molecule has 2 atom stereocenters. The van der Waals surface area contributed by atoms with Gasteiger partial charge in [-0.05, 0) is 104 Å². The number of carbonyl (C=O) groups is 1. The number of hydrogen-bond acceptors (Lipinski definition) is 6. The first-order valence-corrected chi connectivity index (χ1v) is 13.5. The molecule has 2 heterocycles. The number of phenols is 2. The summed E-state index contributed by atoms with van der Waals surface area (Å²) in [4.78, 5) is 15.5. The summed E-state index contributed by atoms with van der Waals surface area (Å²) in [5, 5.41) is 21.1. The Hall–Kier alpha value is -2.93. The minimum Gasteiger partial charge on any atom is -0.508 e. The predicted octanol–water partition coefficient (Wildman–Crippen LogP) is 6.19. The van der Waals surface area contributed by atoms with Crippen LogP contribution in [0.5, 0.6) is 11.5 Å². The molecular weight excluding hydrogens is 470 g/mol. The zero-order valence-electron chi connectivity index (χ0n) is 20.9. The lowest BCUT2D eigenvalue weighted by atomic mass is 9.69. The van der Waals surface area contributed by atoms with E-state index < -0.39 is 5.41 Å². The monoisotopic (exact) mass is 503 g/mol. The Morgan fingerprint density at radius 3 is 2.53 bits per heavy atom. The quantitative estimate of drug-likeness (QED) is 0.376. The van der Waals surface area contributed by atoms with Crippen LogP contribution in [0.2, 0.25) is 0 Å². The number of likely N-dealkylation sites (tertiary alicyclic amines) is 1. The van der Waals surface area contributed by atoms with Gasteiger partial charge in [-0.25, -0.2) is 0 Å². The van der Waals surface area contributed by atoms with Gasteiger partial charge in [0.15, 0.2) is 0 Å². The van der Waals surface area contributed by atoms with E-state index >= 15 is 0 Å². The minimum atomic E-state index is -0.612. The molecule has 188 valence electrons. The minimum absolute atomic E-state index is 0.212. The summed E-state index contributed by atoms with van der Waals surface area (Å²) in [6.07, 6.45) is 8.43. The van der Waals surface area contributed by atoms with Crippen molar-refractivity contribution in [1.29, 1.82) is 0 Å². The first kappa shape index (κ1) is 24.8. The molecule has 1 saturated heterocycles. The van der Waals surface area contributed by atoms with Crippen LogP contribution in [0.3, 0.4) is 0 Å². The topological polar surface area (TPSA) is 70.0 Å². The zero-order chi connectivity index (χ0) is 25.3. The van der Waals surface area contributed by atoms with E-state index in [1.165, 1.54) is 19.3 Å². The van der Waals surface area contributed by atoms with Gasteiger partial charge in [0.1, 0.15) is 17.8 Å². The van der Waals surface area contributed by atoms with Gasteiger partial charge < -0.3 is 19.8 Å². The summed E-state index contributed by atoms with van der Waals surface area (Å²) < 4.78 is 7.62. The van der Waals surface area contributed by atoms with E-state index in [0.29, 0.717) is 12.2 Å². The molecule has 0 amide bonds. The van der Waals surface area contributed by atoms with E-state index in [2.05, 4.69) is 11.8 Å². The van der Waals surface area contributed by atoms with Crippen LogP contribution >= 0.6 is 11.3 Å². The lowest BCUT2D eigenvalue weighted by molar-refractivity contribution is -0.104. The van der Waals surface area contributed by atoms with Gasteiger partial charge in [-0.1, -0.05) is 18.6 Å². The van der Waals surface area contributed by atoms with Crippen molar-refractivity contribution in [1.82, 2.24) is 4.90 Å². The summed E-state index contributed by atoms with van der Waals surface area (Å²) in [6, 6.07) is 12.7. The van der Waals surface area contributed by atoms with Crippen LogP contribution in [0.15, 0.2) is 65.8 Å². The van der Waals surface area contributed by atoms with Crippen molar-refractivity contribution in [3.8, 4) is 21.9 Å². The second-order valence-electron chi connectivity index (χ2n) is 10.1. The third-order valence-corrected chi connectivity index (χ3v) is 8.64. The fourth-order valence-corrected chi connectivity index (χ4v) is 7.14. The molecule has 2 aliphatic rings. The SMILES string of the molecule is CC1=CC(C=O)=CC(C)(c2c(-c3ccc(O)cc3)sc3cc(O)ccc23)C1OCCN1CCCCC1. The molecule has 5 rings (SSSR count). The molecule has 2 N–H and O–H groups in total. The number of carbonyl (C=O) groups excluding carboxylic acids is 1. The second kappa shape index (κ2) is 10.2. The number of fused-ring (bicyclic) bond motifs is 1. The summed E-state index contributed by atoms with van der Waals surface area (Å²) in [5.74, 6) is 0.430. The molecule has 0 bridgehead atoms. The number of aldehydes is 1. The zero-order valence-corrected chi connectivity index (χ0v) is 21.7. The molecule has 1 aliphatic carbocycles. The maximum Gasteiger partial charge on any atom is 0.149 e. The fourth-order valence-electron chi connectivity index (χ4n) is 5.77. The number of nitrogens with zero attached hydrogens (tertiary/aromatic N) is 1. The average Bonchev–Trinajstić information content (AvgIpc) is 3.26. The Bertz CT molecular complexity index is 1320. The molecule has 2 aromatic carbocycles. The average molecular weight is 504 g/mol. The standard InChI is InChI=1S/C30H33NO4S/c1-20-16-21(19-32)18-30(2,29(20)35-15-14-31-12-4-3-5-13-31)27-25-11-10-24(34)17-26(25)36-28(27)22-6-8-23(33)9-7-22/h6-11,16-19,29,33-34H,3-5,12-15H2,1-2H3. The van der Waals surface area contributed by atoms with Crippen LogP contribution < -0.4 is 0 Å². The third-order valence-electron chi connectivity index (χ3n) is 7.44. The first-order chi connectivity index (χ1) is 17.4. The fraction of sp³-hybridized carbons (Fsp3) is 0.367. The first-order valence-electron chi connectivity index (χ1n) is 12.6. The maximum absolute atomic E-state index is 12.0. The summed E-state index contributed by atoms with van der Waals surface area (Å²) in [5.41, 5.74) is 3.10. The molecule has 1 aliphatic heterocycles. The summed E-state index contributed by atoms with van der Waals surface area (Å²) in [7, 11) is 0. The highest BCUT2D eigenvalue weighted by Crippen LogP contribution is 2.50. The molecule has 3 aromatic rings. The molecular formula is C30H33NO4S. The third kappa shape index (κ3) is 4.73. The van der Waals surface area contributed by atoms with Crippen LogP contribution in [0.4, 0.5) is 0 Å². The summed E-state index contributed by atoms with van der Waals surface area (Å²) in [6.45, 7) is 7.95. The van der Waals surface area contributed by atoms with Crippen LogP contribution in [-0.2, 0) is 14.9 Å². The van der Waals surface area contributed by atoms with E-state index in [1.807, 2.05) is 37.3 Å². The van der Waals surface area contributed by atoms with Gasteiger partial charge in [-0.15, -0.1) is 11.3 Å². The van der Waals surface area contributed by atoms with E-state index in [4.69, 9.17) is 4.74 Å². The molecule has 1 aromatic heterocycles. The van der Waals surface area contributed by atoms with Crippen LogP contribution in [0.1, 0.15) is 38.7 Å².